The summed E-state index contributed by atoms with van der Waals surface area (Å²) in [6.45, 7) is 7.19. The first-order valence-corrected chi connectivity index (χ1v) is 9.30. The molecule has 0 radical (unpaired) electrons. The molecule has 0 unspecified atom stereocenters. The van der Waals surface area contributed by atoms with Crippen molar-refractivity contribution >= 4 is 22.5 Å². The lowest BCUT2D eigenvalue weighted by atomic mass is 10.2. The highest BCUT2D eigenvalue weighted by atomic mass is 32.2. The number of urea groups is 1. The fourth-order valence-electron chi connectivity index (χ4n) is 2.29. The highest BCUT2D eigenvalue weighted by Crippen LogP contribution is 2.18. The van der Waals surface area contributed by atoms with Gasteiger partial charge in [0.15, 0.2) is 0 Å². The van der Waals surface area contributed by atoms with Gasteiger partial charge in [-0.3, -0.25) is 4.21 Å². The number of ether oxygens (including phenoxy) is 1. The van der Waals surface area contributed by atoms with Crippen molar-refractivity contribution in [2.75, 3.05) is 18.5 Å². The van der Waals surface area contributed by atoms with Gasteiger partial charge in [0.25, 0.3) is 0 Å². The molecule has 2 rings (SSSR count). The SMILES string of the molecule is CC(C)(C)[S@@](=O)Cc1cccc(NC(=O)NC[C@H]2CCCO2)c1. The Morgan fingerprint density at radius 3 is 2.83 bits per heavy atom. The van der Waals surface area contributed by atoms with E-state index in [4.69, 9.17) is 4.74 Å². The highest BCUT2D eigenvalue weighted by Gasteiger charge is 2.20. The van der Waals surface area contributed by atoms with Crippen LogP contribution in [-0.2, 0) is 21.3 Å². The van der Waals surface area contributed by atoms with E-state index >= 15 is 0 Å². The molecule has 0 spiro atoms. The lowest BCUT2D eigenvalue weighted by Crippen LogP contribution is -2.35. The molecule has 1 aliphatic heterocycles. The quantitative estimate of drug-likeness (QED) is 0.867. The molecule has 2 amide bonds. The second-order valence-electron chi connectivity index (χ2n) is 6.77. The number of benzene rings is 1. The lowest BCUT2D eigenvalue weighted by molar-refractivity contribution is 0.112. The Balaban J connectivity index is 1.86. The smallest absolute Gasteiger partial charge is 0.319 e. The lowest BCUT2D eigenvalue weighted by Gasteiger charge is -2.18. The normalized spacial score (nSPS) is 19.3. The Hall–Kier alpha value is -1.40. The predicted molar refractivity (Wildman–Crippen MR) is 94.0 cm³/mol. The largest absolute Gasteiger partial charge is 0.376 e. The van der Waals surface area contributed by atoms with Crippen molar-refractivity contribution in [1.82, 2.24) is 5.32 Å². The fourth-order valence-corrected chi connectivity index (χ4v) is 3.21. The number of rotatable bonds is 5. The second kappa shape index (κ2) is 7.93. The standard InChI is InChI=1S/C17H26N2O3S/c1-17(2,3)23(21)12-13-6-4-7-14(10-13)19-16(20)18-11-15-8-5-9-22-15/h4,6-7,10,15H,5,8-9,11-12H2,1-3H3,(H2,18,19,20)/t15-,23+/m1/s1. The molecule has 1 aromatic carbocycles. The maximum atomic E-state index is 12.2. The van der Waals surface area contributed by atoms with E-state index in [2.05, 4.69) is 10.6 Å². The van der Waals surface area contributed by atoms with Gasteiger partial charge in [-0.05, 0) is 51.3 Å². The number of anilines is 1. The summed E-state index contributed by atoms with van der Waals surface area (Å²) in [6.07, 6.45) is 2.18. The van der Waals surface area contributed by atoms with Crippen LogP contribution in [0.1, 0.15) is 39.2 Å². The molecule has 1 aromatic rings. The van der Waals surface area contributed by atoms with Gasteiger partial charge in [0.05, 0.1) is 6.10 Å². The molecule has 23 heavy (non-hydrogen) atoms. The summed E-state index contributed by atoms with van der Waals surface area (Å²) in [7, 11) is -0.959. The molecule has 1 heterocycles. The van der Waals surface area contributed by atoms with Crippen LogP contribution in [0.2, 0.25) is 0 Å². The van der Waals surface area contributed by atoms with Crippen molar-refractivity contribution in [3.05, 3.63) is 29.8 Å². The molecular weight excluding hydrogens is 312 g/mol. The molecule has 6 heteroatoms. The Labute approximate surface area is 140 Å². The van der Waals surface area contributed by atoms with E-state index in [1.807, 2.05) is 45.0 Å². The van der Waals surface area contributed by atoms with Crippen molar-refractivity contribution in [2.24, 2.45) is 0 Å². The van der Waals surface area contributed by atoms with Crippen LogP contribution in [0.4, 0.5) is 10.5 Å². The molecule has 5 nitrogen and oxygen atoms in total. The molecule has 1 saturated heterocycles. The van der Waals surface area contributed by atoms with Crippen molar-refractivity contribution in [2.45, 2.75) is 50.2 Å². The molecule has 1 aliphatic rings. The monoisotopic (exact) mass is 338 g/mol. The maximum absolute atomic E-state index is 12.2. The van der Waals surface area contributed by atoms with Gasteiger partial charge in [-0.25, -0.2) is 4.79 Å². The Morgan fingerprint density at radius 1 is 1.39 bits per heavy atom. The number of hydrogen-bond donors (Lipinski definition) is 2. The van der Waals surface area contributed by atoms with Crippen molar-refractivity contribution in [3.63, 3.8) is 0 Å². The van der Waals surface area contributed by atoms with Crippen molar-refractivity contribution in [3.8, 4) is 0 Å². The molecule has 0 aliphatic carbocycles. The van der Waals surface area contributed by atoms with Crippen LogP contribution in [0.5, 0.6) is 0 Å². The van der Waals surface area contributed by atoms with Gasteiger partial charge in [-0.2, -0.15) is 0 Å². The first-order valence-electron chi connectivity index (χ1n) is 7.98. The van der Waals surface area contributed by atoms with Gasteiger partial charge < -0.3 is 15.4 Å². The third-order valence-corrected chi connectivity index (χ3v) is 5.64. The van der Waals surface area contributed by atoms with Crippen LogP contribution < -0.4 is 10.6 Å². The first-order chi connectivity index (χ1) is 10.8. The molecule has 2 N–H and O–H groups in total. The predicted octanol–water partition coefficient (Wildman–Crippen LogP) is 3.03. The zero-order valence-corrected chi connectivity index (χ0v) is 14.9. The van der Waals surface area contributed by atoms with Crippen LogP contribution in [-0.4, -0.2) is 34.2 Å². The molecular formula is C17H26N2O3S. The summed E-state index contributed by atoms with van der Waals surface area (Å²) in [6, 6.07) is 7.25. The minimum absolute atomic E-state index is 0.126. The fraction of sp³-hybridized carbons (Fsp3) is 0.588. The maximum Gasteiger partial charge on any atom is 0.319 e. The summed E-state index contributed by atoms with van der Waals surface area (Å²) in [5.41, 5.74) is 1.66. The number of carbonyl (C=O) groups excluding carboxylic acids is 1. The molecule has 128 valence electrons. The average Bonchev–Trinajstić information content (AvgIpc) is 2.98. The molecule has 0 bridgehead atoms. The number of carbonyl (C=O) groups is 1. The van der Waals surface area contributed by atoms with E-state index in [0.717, 1.165) is 25.0 Å². The van der Waals surface area contributed by atoms with Crippen molar-refractivity contribution in [1.29, 1.82) is 0 Å². The van der Waals surface area contributed by atoms with Gasteiger partial charge in [-0.1, -0.05) is 12.1 Å². The third-order valence-electron chi connectivity index (χ3n) is 3.68. The number of nitrogens with one attached hydrogen (secondary N) is 2. The Bertz CT molecular complexity index is 563. The molecule has 1 fully saturated rings. The van der Waals surface area contributed by atoms with E-state index in [0.29, 0.717) is 18.0 Å². The average molecular weight is 338 g/mol. The third kappa shape index (κ3) is 5.95. The van der Waals surface area contributed by atoms with E-state index in [1.54, 1.807) is 0 Å². The summed E-state index contributed by atoms with van der Waals surface area (Å²) in [5, 5.41) is 5.64. The first kappa shape index (κ1) is 17.9. The van der Waals surface area contributed by atoms with Gasteiger partial charge in [0.2, 0.25) is 0 Å². The zero-order chi connectivity index (χ0) is 16.9. The minimum atomic E-state index is -0.959. The van der Waals surface area contributed by atoms with E-state index in [-0.39, 0.29) is 16.9 Å². The Morgan fingerprint density at radius 2 is 2.17 bits per heavy atom. The van der Waals surface area contributed by atoms with Crippen molar-refractivity contribution < 1.29 is 13.7 Å². The van der Waals surface area contributed by atoms with Crippen LogP contribution in [0.3, 0.4) is 0 Å². The zero-order valence-electron chi connectivity index (χ0n) is 14.1. The molecule has 0 aromatic heterocycles. The van der Waals surface area contributed by atoms with Gasteiger partial charge in [0.1, 0.15) is 0 Å². The summed E-state index contributed by atoms with van der Waals surface area (Å²) in [5.74, 6) is 0.483. The Kier molecular flexibility index (Phi) is 6.18. The molecule has 0 saturated carbocycles. The van der Waals surface area contributed by atoms with E-state index in [1.165, 1.54) is 0 Å². The summed E-state index contributed by atoms with van der Waals surface area (Å²) < 4.78 is 17.4. The van der Waals surface area contributed by atoms with Crippen LogP contribution in [0.25, 0.3) is 0 Å². The minimum Gasteiger partial charge on any atom is -0.376 e. The van der Waals surface area contributed by atoms with E-state index < -0.39 is 10.8 Å². The number of amides is 2. The highest BCUT2D eigenvalue weighted by molar-refractivity contribution is 7.85. The summed E-state index contributed by atoms with van der Waals surface area (Å²) in [4.78, 5) is 11.9. The number of hydrogen-bond acceptors (Lipinski definition) is 3. The van der Waals surface area contributed by atoms with Crippen LogP contribution >= 0.6 is 0 Å². The van der Waals surface area contributed by atoms with Crippen LogP contribution in [0, 0.1) is 0 Å². The molecule has 2 atom stereocenters. The van der Waals surface area contributed by atoms with E-state index in [9.17, 15) is 9.00 Å². The van der Waals surface area contributed by atoms with Crippen LogP contribution in [0.15, 0.2) is 24.3 Å². The summed E-state index contributed by atoms with van der Waals surface area (Å²) >= 11 is 0. The van der Waals surface area contributed by atoms with Gasteiger partial charge in [-0.15, -0.1) is 0 Å². The van der Waals surface area contributed by atoms with Gasteiger partial charge >= 0.3 is 6.03 Å². The topological polar surface area (TPSA) is 67.4 Å². The second-order valence-corrected chi connectivity index (χ2v) is 8.98. The van der Waals surface area contributed by atoms with Gasteiger partial charge in [0, 0.05) is 40.1 Å².